The van der Waals surface area contributed by atoms with Crippen LogP contribution < -0.4 is 21.7 Å². The molecule has 0 aromatic rings. The minimum absolute atomic E-state index is 0.0173. The van der Waals surface area contributed by atoms with Crippen molar-refractivity contribution in [2.75, 3.05) is 13.1 Å². The van der Waals surface area contributed by atoms with E-state index in [2.05, 4.69) is 16.0 Å². The Labute approximate surface area is 168 Å². The second-order valence-electron chi connectivity index (χ2n) is 6.78. The van der Waals surface area contributed by atoms with Crippen LogP contribution in [0.3, 0.4) is 0 Å². The van der Waals surface area contributed by atoms with Gasteiger partial charge >= 0.3 is 5.97 Å². The number of carbonyl (C=O) groups excluding carboxylic acids is 4. The first kappa shape index (κ1) is 25.7. The van der Waals surface area contributed by atoms with Gasteiger partial charge in [-0.2, -0.15) is 0 Å². The Balaban J connectivity index is 4.30. The monoisotopic (exact) mass is 418 g/mol. The Morgan fingerprint density at radius 3 is 2.07 bits per heavy atom. The predicted octanol–water partition coefficient (Wildman–Crippen LogP) is -0.780. The number of carbonyl (C=O) groups is 5. The molecule has 160 valence electrons. The van der Waals surface area contributed by atoms with Crippen molar-refractivity contribution in [2.24, 2.45) is 11.7 Å². The lowest BCUT2D eigenvalue weighted by atomic mass is 10.0. The summed E-state index contributed by atoms with van der Waals surface area (Å²) in [6, 6.07) is -0.785. The Bertz CT molecular complexity index is 582. The zero-order chi connectivity index (χ0) is 21.9. The van der Waals surface area contributed by atoms with E-state index in [0.29, 0.717) is 0 Å². The van der Waals surface area contributed by atoms with Crippen molar-refractivity contribution < 1.29 is 29.1 Å². The van der Waals surface area contributed by atoms with Gasteiger partial charge in [-0.15, -0.1) is 11.8 Å². The van der Waals surface area contributed by atoms with Gasteiger partial charge in [-0.05, 0) is 11.2 Å². The second kappa shape index (κ2) is 13.0. The molecule has 10 nitrogen and oxygen atoms in total. The van der Waals surface area contributed by atoms with Crippen LogP contribution in [0.15, 0.2) is 0 Å². The maximum absolute atomic E-state index is 12.1. The molecular formula is C17H30N4O6S. The van der Waals surface area contributed by atoms with Crippen molar-refractivity contribution in [1.29, 1.82) is 0 Å². The number of hydrogen-bond acceptors (Lipinski definition) is 6. The predicted molar refractivity (Wildman–Crippen MR) is 105 cm³/mol. The molecule has 0 aromatic heterocycles. The van der Waals surface area contributed by atoms with E-state index in [0.717, 1.165) is 0 Å². The summed E-state index contributed by atoms with van der Waals surface area (Å²) in [5.41, 5.74) is 5.21. The number of rotatable bonds is 13. The molecule has 0 aliphatic heterocycles. The van der Waals surface area contributed by atoms with Gasteiger partial charge in [0.15, 0.2) is 0 Å². The summed E-state index contributed by atoms with van der Waals surface area (Å²) in [5, 5.41) is 15.5. The Kier molecular flexibility index (Phi) is 11.9. The first-order valence-corrected chi connectivity index (χ1v) is 9.88. The highest BCUT2D eigenvalue weighted by Crippen LogP contribution is 2.20. The fourth-order valence-electron chi connectivity index (χ4n) is 2.16. The largest absolute Gasteiger partial charge is 0.481 e. The summed E-state index contributed by atoms with van der Waals surface area (Å²) in [7, 11) is 0. The van der Waals surface area contributed by atoms with E-state index in [4.69, 9.17) is 10.8 Å². The molecule has 28 heavy (non-hydrogen) atoms. The van der Waals surface area contributed by atoms with Crippen molar-refractivity contribution in [3.63, 3.8) is 0 Å². The first-order valence-electron chi connectivity index (χ1n) is 8.94. The third-order valence-electron chi connectivity index (χ3n) is 3.48. The fourth-order valence-corrected chi connectivity index (χ4v) is 3.26. The summed E-state index contributed by atoms with van der Waals surface area (Å²) >= 11 is 1.20. The van der Waals surface area contributed by atoms with Gasteiger partial charge in [0, 0.05) is 13.0 Å². The quantitative estimate of drug-likeness (QED) is 0.261. The lowest BCUT2D eigenvalue weighted by Crippen LogP contribution is -2.48. The van der Waals surface area contributed by atoms with Crippen molar-refractivity contribution in [1.82, 2.24) is 16.0 Å². The number of amides is 4. The average Bonchev–Trinajstić information content (AvgIpc) is 2.55. The maximum Gasteiger partial charge on any atom is 0.305 e. The van der Waals surface area contributed by atoms with Gasteiger partial charge in [0.2, 0.25) is 23.6 Å². The molecule has 0 bridgehead atoms. The standard InChI is InChI=1S/C17H30N4O6S/c1-9(2)15(16(18)26)21-12(22)5-6-19-13(23)8-20-17(27)11(7-14(24)25)28-10(3)4/h9-11,15H,5-8H2,1-4H3,(H2,18,26)(H,19,23)(H,20,27)(H,21,22)(H,24,25)/t11?,15-/m0/s1. The number of nitrogens with one attached hydrogen (secondary N) is 3. The van der Waals surface area contributed by atoms with E-state index in [9.17, 15) is 24.0 Å². The molecule has 0 saturated heterocycles. The van der Waals surface area contributed by atoms with Crippen LogP contribution in [-0.2, 0) is 24.0 Å². The molecule has 11 heteroatoms. The molecule has 0 spiro atoms. The van der Waals surface area contributed by atoms with Gasteiger partial charge in [0.25, 0.3) is 0 Å². The molecule has 0 heterocycles. The highest BCUT2D eigenvalue weighted by atomic mass is 32.2. The van der Waals surface area contributed by atoms with E-state index >= 15 is 0 Å². The molecule has 0 rings (SSSR count). The molecule has 2 atom stereocenters. The number of thioether (sulfide) groups is 1. The van der Waals surface area contributed by atoms with Crippen LogP contribution in [0.25, 0.3) is 0 Å². The van der Waals surface area contributed by atoms with Crippen molar-refractivity contribution in [3.8, 4) is 0 Å². The van der Waals surface area contributed by atoms with Crippen LogP contribution in [0.5, 0.6) is 0 Å². The van der Waals surface area contributed by atoms with Crippen LogP contribution >= 0.6 is 11.8 Å². The second-order valence-corrected chi connectivity index (χ2v) is 8.56. The molecule has 0 aliphatic rings. The third-order valence-corrected chi connectivity index (χ3v) is 4.73. The lowest BCUT2D eigenvalue weighted by molar-refractivity contribution is -0.138. The molecule has 6 N–H and O–H groups in total. The van der Waals surface area contributed by atoms with Crippen molar-refractivity contribution in [2.45, 2.75) is 57.1 Å². The van der Waals surface area contributed by atoms with Gasteiger partial charge in [-0.25, -0.2) is 0 Å². The van der Waals surface area contributed by atoms with Gasteiger partial charge in [-0.3, -0.25) is 24.0 Å². The van der Waals surface area contributed by atoms with Crippen LogP contribution in [0.1, 0.15) is 40.5 Å². The summed E-state index contributed by atoms with van der Waals surface area (Å²) in [4.78, 5) is 57.8. The molecule has 0 radical (unpaired) electrons. The van der Waals surface area contributed by atoms with E-state index in [1.165, 1.54) is 11.8 Å². The summed E-state index contributed by atoms with van der Waals surface area (Å²) in [5.74, 6) is -3.37. The van der Waals surface area contributed by atoms with Gasteiger partial charge < -0.3 is 26.8 Å². The van der Waals surface area contributed by atoms with Crippen LogP contribution in [0.2, 0.25) is 0 Å². The highest BCUT2D eigenvalue weighted by molar-refractivity contribution is 8.01. The number of aliphatic carboxylic acids is 1. The van der Waals surface area contributed by atoms with Crippen molar-refractivity contribution in [3.05, 3.63) is 0 Å². The Morgan fingerprint density at radius 1 is 1.00 bits per heavy atom. The normalized spacial score (nSPS) is 12.9. The smallest absolute Gasteiger partial charge is 0.305 e. The van der Waals surface area contributed by atoms with Gasteiger partial charge in [0.05, 0.1) is 18.2 Å². The zero-order valence-electron chi connectivity index (χ0n) is 16.6. The first-order chi connectivity index (χ1) is 12.9. The van der Waals surface area contributed by atoms with E-state index in [1.54, 1.807) is 13.8 Å². The van der Waals surface area contributed by atoms with Crippen LogP contribution in [0.4, 0.5) is 0 Å². The lowest BCUT2D eigenvalue weighted by Gasteiger charge is -2.19. The highest BCUT2D eigenvalue weighted by Gasteiger charge is 2.24. The Morgan fingerprint density at radius 2 is 1.61 bits per heavy atom. The number of carboxylic acid groups (broad SMARTS) is 1. The third kappa shape index (κ3) is 11.4. The minimum Gasteiger partial charge on any atom is -0.481 e. The van der Waals surface area contributed by atoms with Crippen molar-refractivity contribution >= 4 is 41.4 Å². The molecule has 0 aliphatic carbocycles. The topological polar surface area (TPSA) is 168 Å². The van der Waals surface area contributed by atoms with Gasteiger partial charge in [0.1, 0.15) is 6.04 Å². The molecule has 0 fully saturated rings. The number of primary amides is 1. The molecule has 4 amide bonds. The van der Waals surface area contributed by atoms with Gasteiger partial charge in [-0.1, -0.05) is 27.7 Å². The van der Waals surface area contributed by atoms with E-state index in [1.807, 2.05) is 13.8 Å². The number of nitrogens with two attached hydrogens (primary N) is 1. The number of carboxylic acids is 1. The molecule has 0 aromatic carbocycles. The van der Waals surface area contributed by atoms with Crippen LogP contribution in [-0.4, -0.2) is 64.3 Å². The minimum atomic E-state index is -1.10. The Hall–Kier alpha value is -2.30. The van der Waals surface area contributed by atoms with Crippen LogP contribution in [0, 0.1) is 5.92 Å². The summed E-state index contributed by atoms with van der Waals surface area (Å²) in [6.07, 6.45) is -0.394. The molecule has 1 unspecified atom stereocenters. The number of hydrogen-bond donors (Lipinski definition) is 5. The molecular weight excluding hydrogens is 388 g/mol. The molecule has 0 saturated carbocycles. The average molecular weight is 419 g/mol. The van der Waals surface area contributed by atoms with E-state index in [-0.39, 0.29) is 37.1 Å². The van der Waals surface area contributed by atoms with E-state index < -0.39 is 40.9 Å². The summed E-state index contributed by atoms with van der Waals surface area (Å²) < 4.78 is 0. The zero-order valence-corrected chi connectivity index (χ0v) is 17.4. The summed E-state index contributed by atoms with van der Waals surface area (Å²) in [6.45, 7) is 6.86. The maximum atomic E-state index is 12.1. The SMILES string of the molecule is CC(C)SC(CC(=O)O)C(=O)NCC(=O)NCCC(=O)N[C@H](C(N)=O)C(C)C. The fraction of sp³-hybridized carbons (Fsp3) is 0.706.